The molecular formula is C16H26N2O2. The van der Waals surface area contributed by atoms with Gasteiger partial charge in [-0.1, -0.05) is 39.8 Å². The van der Waals surface area contributed by atoms with Crippen LogP contribution in [0.5, 0.6) is 0 Å². The quantitative estimate of drug-likeness (QED) is 0.537. The summed E-state index contributed by atoms with van der Waals surface area (Å²) in [5, 5.41) is 10.6. The van der Waals surface area contributed by atoms with Gasteiger partial charge in [0.15, 0.2) is 0 Å². The number of nitro benzene ring substituents is 1. The highest BCUT2D eigenvalue weighted by atomic mass is 16.6. The van der Waals surface area contributed by atoms with Crippen molar-refractivity contribution >= 4 is 5.69 Å². The van der Waals surface area contributed by atoms with Crippen molar-refractivity contribution in [2.75, 3.05) is 19.6 Å². The number of hydrogen-bond acceptors (Lipinski definition) is 3. The van der Waals surface area contributed by atoms with Gasteiger partial charge in [-0.3, -0.25) is 10.1 Å². The maximum Gasteiger partial charge on any atom is 0.269 e. The summed E-state index contributed by atoms with van der Waals surface area (Å²) in [7, 11) is 0. The van der Waals surface area contributed by atoms with Crippen LogP contribution in [0.3, 0.4) is 0 Å². The third kappa shape index (κ3) is 6.15. The summed E-state index contributed by atoms with van der Waals surface area (Å²) in [6, 6.07) is 6.90. The normalized spacial score (nSPS) is 11.6. The molecule has 0 atom stereocenters. The first-order chi connectivity index (χ1) is 9.38. The van der Waals surface area contributed by atoms with Gasteiger partial charge < -0.3 is 4.90 Å². The Balaban J connectivity index is 2.55. The largest absolute Gasteiger partial charge is 0.302 e. The van der Waals surface area contributed by atoms with E-state index in [0.29, 0.717) is 11.8 Å². The van der Waals surface area contributed by atoms with Gasteiger partial charge in [0.25, 0.3) is 5.69 Å². The van der Waals surface area contributed by atoms with Gasteiger partial charge in [-0.05, 0) is 23.8 Å². The molecule has 1 rings (SSSR count). The molecule has 112 valence electrons. The zero-order valence-corrected chi connectivity index (χ0v) is 13.0. The van der Waals surface area contributed by atoms with Gasteiger partial charge in [0.1, 0.15) is 0 Å². The zero-order valence-electron chi connectivity index (χ0n) is 13.0. The Labute approximate surface area is 121 Å². The van der Waals surface area contributed by atoms with Gasteiger partial charge in [0.2, 0.25) is 0 Å². The first-order valence-corrected chi connectivity index (χ1v) is 7.34. The number of nitro groups is 1. The third-order valence-corrected chi connectivity index (χ3v) is 3.11. The van der Waals surface area contributed by atoms with Crippen molar-refractivity contribution in [2.45, 2.75) is 34.1 Å². The van der Waals surface area contributed by atoms with Crippen LogP contribution < -0.4 is 0 Å². The van der Waals surface area contributed by atoms with Crippen molar-refractivity contribution in [1.82, 2.24) is 4.90 Å². The van der Waals surface area contributed by atoms with Crippen molar-refractivity contribution in [2.24, 2.45) is 11.8 Å². The molecule has 20 heavy (non-hydrogen) atoms. The van der Waals surface area contributed by atoms with E-state index in [1.165, 1.54) is 0 Å². The Hall–Kier alpha value is -1.42. The predicted molar refractivity (Wildman–Crippen MR) is 82.9 cm³/mol. The second-order valence-electron chi connectivity index (χ2n) is 6.22. The molecule has 4 heteroatoms. The van der Waals surface area contributed by atoms with Crippen LogP contribution in [0.15, 0.2) is 24.3 Å². The summed E-state index contributed by atoms with van der Waals surface area (Å²) in [6.45, 7) is 12.2. The lowest BCUT2D eigenvalue weighted by Gasteiger charge is -2.26. The Morgan fingerprint density at radius 2 is 1.55 bits per heavy atom. The van der Waals surface area contributed by atoms with Crippen LogP contribution in [0.1, 0.15) is 33.3 Å². The maximum absolute atomic E-state index is 10.6. The molecule has 0 aliphatic rings. The molecule has 4 nitrogen and oxygen atoms in total. The molecule has 0 heterocycles. The number of non-ortho nitro benzene ring substituents is 1. The average molecular weight is 278 g/mol. The number of nitrogens with zero attached hydrogens (tertiary/aromatic N) is 2. The summed E-state index contributed by atoms with van der Waals surface area (Å²) in [4.78, 5) is 12.7. The predicted octanol–water partition coefficient (Wildman–Crippen LogP) is 3.75. The summed E-state index contributed by atoms with van der Waals surface area (Å²) in [5.41, 5.74) is 1.32. The van der Waals surface area contributed by atoms with Gasteiger partial charge in [0.05, 0.1) is 4.92 Å². The van der Waals surface area contributed by atoms with Crippen LogP contribution >= 0.6 is 0 Å². The van der Waals surface area contributed by atoms with Gasteiger partial charge in [0, 0.05) is 31.8 Å². The molecule has 0 aliphatic heterocycles. The van der Waals surface area contributed by atoms with Crippen molar-refractivity contribution in [3.8, 4) is 0 Å². The van der Waals surface area contributed by atoms with E-state index in [9.17, 15) is 10.1 Å². The number of rotatable bonds is 8. The minimum atomic E-state index is -0.354. The molecule has 0 saturated carbocycles. The molecular weight excluding hydrogens is 252 g/mol. The Bertz CT molecular complexity index is 403. The van der Waals surface area contributed by atoms with Crippen molar-refractivity contribution in [3.63, 3.8) is 0 Å². The lowest BCUT2D eigenvalue weighted by atomic mass is 10.1. The smallest absolute Gasteiger partial charge is 0.269 e. The molecule has 0 bridgehead atoms. The molecule has 0 aromatic heterocycles. The molecule has 0 radical (unpaired) electrons. The second-order valence-corrected chi connectivity index (χ2v) is 6.22. The molecule has 0 saturated heterocycles. The van der Waals surface area contributed by atoms with Crippen molar-refractivity contribution < 1.29 is 4.92 Å². The lowest BCUT2D eigenvalue weighted by molar-refractivity contribution is -0.384. The van der Waals surface area contributed by atoms with Crippen molar-refractivity contribution in [1.29, 1.82) is 0 Å². The molecule has 0 spiro atoms. The minimum absolute atomic E-state index is 0.162. The molecule has 0 N–H and O–H groups in total. The van der Waals surface area contributed by atoms with Crippen LogP contribution in [0.25, 0.3) is 0 Å². The molecule has 1 aromatic carbocycles. The number of hydrogen-bond donors (Lipinski definition) is 0. The Kier molecular flexibility index (Phi) is 6.65. The van der Waals surface area contributed by atoms with E-state index in [0.717, 1.165) is 31.6 Å². The Morgan fingerprint density at radius 1 is 1.05 bits per heavy atom. The number of benzene rings is 1. The SMILES string of the molecule is CC(C)CN(CCc1ccc([N+](=O)[O-])cc1)CC(C)C. The fourth-order valence-corrected chi connectivity index (χ4v) is 2.36. The first kappa shape index (κ1) is 16.6. The van der Waals surface area contributed by atoms with Crippen molar-refractivity contribution in [3.05, 3.63) is 39.9 Å². The standard InChI is InChI=1S/C16H26N2O2/c1-13(2)11-17(12-14(3)4)10-9-15-5-7-16(8-6-15)18(19)20/h5-8,13-14H,9-12H2,1-4H3. The fourth-order valence-electron chi connectivity index (χ4n) is 2.36. The zero-order chi connectivity index (χ0) is 15.1. The third-order valence-electron chi connectivity index (χ3n) is 3.11. The Morgan fingerprint density at radius 3 is 1.95 bits per heavy atom. The van der Waals surface area contributed by atoms with Crippen LogP contribution in [0, 0.1) is 22.0 Å². The summed E-state index contributed by atoms with van der Waals surface area (Å²) in [5.74, 6) is 1.32. The highest BCUT2D eigenvalue weighted by molar-refractivity contribution is 5.32. The molecule has 0 fully saturated rings. The topological polar surface area (TPSA) is 46.4 Å². The van der Waals surface area contributed by atoms with Crippen LogP contribution in [-0.4, -0.2) is 29.5 Å². The summed E-state index contributed by atoms with van der Waals surface area (Å²) >= 11 is 0. The molecule has 0 amide bonds. The van der Waals surface area contributed by atoms with E-state index in [-0.39, 0.29) is 10.6 Å². The van der Waals surface area contributed by atoms with E-state index in [1.807, 2.05) is 12.1 Å². The lowest BCUT2D eigenvalue weighted by Crippen LogP contribution is -2.33. The fraction of sp³-hybridized carbons (Fsp3) is 0.625. The summed E-state index contributed by atoms with van der Waals surface area (Å²) in [6.07, 6.45) is 0.942. The first-order valence-electron chi connectivity index (χ1n) is 7.34. The van der Waals surface area contributed by atoms with Crippen LogP contribution in [-0.2, 0) is 6.42 Å². The van der Waals surface area contributed by atoms with E-state index in [1.54, 1.807) is 12.1 Å². The molecule has 0 unspecified atom stereocenters. The maximum atomic E-state index is 10.6. The van der Waals surface area contributed by atoms with E-state index < -0.39 is 0 Å². The van der Waals surface area contributed by atoms with Crippen LogP contribution in [0.4, 0.5) is 5.69 Å². The summed E-state index contributed by atoms with van der Waals surface area (Å²) < 4.78 is 0. The van der Waals surface area contributed by atoms with Crippen LogP contribution in [0.2, 0.25) is 0 Å². The molecule has 1 aromatic rings. The van der Waals surface area contributed by atoms with Gasteiger partial charge in [-0.2, -0.15) is 0 Å². The minimum Gasteiger partial charge on any atom is -0.302 e. The highest BCUT2D eigenvalue weighted by Gasteiger charge is 2.10. The molecule has 0 aliphatic carbocycles. The van der Waals surface area contributed by atoms with Gasteiger partial charge >= 0.3 is 0 Å². The van der Waals surface area contributed by atoms with E-state index in [2.05, 4.69) is 32.6 Å². The monoisotopic (exact) mass is 278 g/mol. The average Bonchev–Trinajstić information content (AvgIpc) is 2.35. The van der Waals surface area contributed by atoms with Gasteiger partial charge in [-0.15, -0.1) is 0 Å². The highest BCUT2D eigenvalue weighted by Crippen LogP contribution is 2.13. The van der Waals surface area contributed by atoms with E-state index in [4.69, 9.17) is 0 Å². The van der Waals surface area contributed by atoms with E-state index >= 15 is 0 Å². The van der Waals surface area contributed by atoms with Gasteiger partial charge in [-0.25, -0.2) is 0 Å². The second kappa shape index (κ2) is 8.00.